The number of aromatic amines is 1. The summed E-state index contributed by atoms with van der Waals surface area (Å²) in [5.41, 5.74) is -0.312. The van der Waals surface area contributed by atoms with Gasteiger partial charge in [-0.1, -0.05) is 0 Å². The third-order valence-corrected chi connectivity index (χ3v) is 2.11. The first kappa shape index (κ1) is 12.9. The van der Waals surface area contributed by atoms with Crippen molar-refractivity contribution in [1.82, 2.24) is 15.1 Å². The van der Waals surface area contributed by atoms with Crippen molar-refractivity contribution in [3.05, 3.63) is 28.2 Å². The smallest absolute Gasteiger partial charge is 0.325 e. The molecule has 92 valence electrons. The molecule has 1 rings (SSSR count). The fourth-order valence-electron chi connectivity index (χ4n) is 1.17. The largest absolute Gasteiger partial charge is 0.468 e. The van der Waals surface area contributed by atoms with Gasteiger partial charge in [-0.3, -0.25) is 14.4 Å². The van der Waals surface area contributed by atoms with Gasteiger partial charge in [0.15, 0.2) is 0 Å². The fourth-order valence-corrected chi connectivity index (χ4v) is 1.17. The van der Waals surface area contributed by atoms with Crippen LogP contribution < -0.4 is 5.56 Å². The number of rotatable bonds is 4. The van der Waals surface area contributed by atoms with Gasteiger partial charge < -0.3 is 9.64 Å². The molecule has 0 saturated heterocycles. The van der Waals surface area contributed by atoms with Crippen molar-refractivity contribution in [2.24, 2.45) is 0 Å². The highest BCUT2D eigenvalue weighted by Crippen LogP contribution is 1.99. The number of carbonyl (C=O) groups is 2. The summed E-state index contributed by atoms with van der Waals surface area (Å²) in [6, 6.07) is 2.51. The molecule has 0 fully saturated rings. The lowest BCUT2D eigenvalue weighted by molar-refractivity contribution is -0.141. The number of ether oxygens (including phenoxy) is 1. The molecule has 1 N–H and O–H groups in total. The Morgan fingerprint density at radius 2 is 2.18 bits per heavy atom. The van der Waals surface area contributed by atoms with E-state index in [9.17, 15) is 14.4 Å². The predicted molar refractivity (Wildman–Crippen MR) is 58.5 cm³/mol. The molecule has 0 atom stereocenters. The number of H-pyrrole nitrogens is 1. The Morgan fingerprint density at radius 3 is 2.65 bits per heavy atom. The highest BCUT2D eigenvalue weighted by molar-refractivity contribution is 5.94. The Hall–Kier alpha value is -2.18. The van der Waals surface area contributed by atoms with Crippen molar-refractivity contribution >= 4 is 11.9 Å². The minimum Gasteiger partial charge on any atom is -0.468 e. The van der Waals surface area contributed by atoms with E-state index in [1.54, 1.807) is 6.92 Å². The van der Waals surface area contributed by atoms with Crippen LogP contribution in [0.5, 0.6) is 0 Å². The maximum atomic E-state index is 11.9. The second-order valence-corrected chi connectivity index (χ2v) is 3.20. The van der Waals surface area contributed by atoms with Crippen LogP contribution in [0.3, 0.4) is 0 Å². The fraction of sp³-hybridized carbons (Fsp3) is 0.400. The first-order chi connectivity index (χ1) is 8.08. The minimum absolute atomic E-state index is 0.0790. The first-order valence-electron chi connectivity index (χ1n) is 5.00. The maximum Gasteiger partial charge on any atom is 0.325 e. The Bertz CT molecular complexity index is 448. The zero-order chi connectivity index (χ0) is 12.8. The number of likely N-dealkylation sites (N-methyl/N-ethyl adjacent to an activating group) is 1. The summed E-state index contributed by atoms with van der Waals surface area (Å²) >= 11 is 0. The van der Waals surface area contributed by atoms with Gasteiger partial charge >= 0.3 is 5.97 Å². The predicted octanol–water partition coefficient (Wildman–Crippen LogP) is -0.595. The Balaban J connectivity index is 2.82. The number of hydrogen-bond acceptors (Lipinski definition) is 5. The summed E-state index contributed by atoms with van der Waals surface area (Å²) in [6.07, 6.45) is 0. The molecule has 7 nitrogen and oxygen atoms in total. The van der Waals surface area contributed by atoms with Gasteiger partial charge in [0.2, 0.25) is 0 Å². The molecule has 17 heavy (non-hydrogen) atoms. The molecule has 0 aliphatic heterocycles. The lowest BCUT2D eigenvalue weighted by Gasteiger charge is -2.18. The van der Waals surface area contributed by atoms with Crippen LogP contribution in [0.1, 0.15) is 17.4 Å². The number of hydrogen-bond donors (Lipinski definition) is 1. The van der Waals surface area contributed by atoms with Gasteiger partial charge in [0, 0.05) is 12.6 Å². The minimum atomic E-state index is -0.510. The van der Waals surface area contributed by atoms with Crippen LogP contribution in [0, 0.1) is 0 Å². The lowest BCUT2D eigenvalue weighted by atomic mass is 10.3. The molecule has 7 heteroatoms. The Morgan fingerprint density at radius 1 is 1.47 bits per heavy atom. The second kappa shape index (κ2) is 5.78. The van der Waals surface area contributed by atoms with Gasteiger partial charge in [-0.2, -0.15) is 5.10 Å². The van der Waals surface area contributed by atoms with E-state index in [1.165, 1.54) is 24.1 Å². The molecule has 0 unspecified atom stereocenters. The van der Waals surface area contributed by atoms with Crippen LogP contribution in [-0.2, 0) is 9.53 Å². The molecule has 1 aromatic rings. The van der Waals surface area contributed by atoms with Crippen LogP contribution in [0.25, 0.3) is 0 Å². The zero-order valence-corrected chi connectivity index (χ0v) is 9.60. The van der Waals surface area contributed by atoms with Crippen LogP contribution in [-0.4, -0.2) is 47.2 Å². The summed E-state index contributed by atoms with van der Waals surface area (Å²) < 4.78 is 4.48. The maximum absolute atomic E-state index is 11.9. The van der Waals surface area contributed by atoms with E-state index in [0.717, 1.165) is 0 Å². The highest BCUT2D eigenvalue weighted by atomic mass is 16.5. The van der Waals surface area contributed by atoms with Crippen molar-refractivity contribution in [3.63, 3.8) is 0 Å². The molecule has 1 amide bonds. The molecular formula is C10H13N3O4. The highest BCUT2D eigenvalue weighted by Gasteiger charge is 2.18. The molecule has 0 aromatic carbocycles. The number of carbonyl (C=O) groups excluding carboxylic acids is 2. The Labute approximate surface area is 97.4 Å². The van der Waals surface area contributed by atoms with Gasteiger partial charge in [-0.05, 0) is 13.0 Å². The van der Waals surface area contributed by atoms with E-state index in [-0.39, 0.29) is 12.2 Å². The van der Waals surface area contributed by atoms with E-state index in [0.29, 0.717) is 6.54 Å². The molecule has 0 radical (unpaired) electrons. The van der Waals surface area contributed by atoms with Crippen molar-refractivity contribution in [3.8, 4) is 0 Å². The Kier molecular flexibility index (Phi) is 4.38. The van der Waals surface area contributed by atoms with Crippen molar-refractivity contribution in [2.45, 2.75) is 6.92 Å². The van der Waals surface area contributed by atoms with Gasteiger partial charge in [0.25, 0.3) is 11.5 Å². The standard InChI is InChI=1S/C10H13N3O4/c1-3-13(6-9(15)17-2)10(16)7-4-5-8(14)12-11-7/h4-5H,3,6H2,1-2H3,(H,12,14). The third kappa shape index (κ3) is 3.40. The molecule has 0 spiro atoms. The molecule has 1 aromatic heterocycles. The first-order valence-corrected chi connectivity index (χ1v) is 5.00. The SMILES string of the molecule is CCN(CC(=O)OC)C(=O)c1ccc(=O)[nH]n1. The van der Waals surface area contributed by atoms with Crippen molar-refractivity contribution in [2.75, 3.05) is 20.2 Å². The van der Waals surface area contributed by atoms with Crippen LogP contribution in [0.4, 0.5) is 0 Å². The quantitative estimate of drug-likeness (QED) is 0.708. The number of nitrogens with one attached hydrogen (secondary N) is 1. The average Bonchev–Trinajstić information content (AvgIpc) is 2.35. The molecule has 1 heterocycles. The molecular weight excluding hydrogens is 226 g/mol. The van der Waals surface area contributed by atoms with E-state index >= 15 is 0 Å². The number of nitrogens with zero attached hydrogens (tertiary/aromatic N) is 2. The van der Waals surface area contributed by atoms with E-state index in [2.05, 4.69) is 14.9 Å². The second-order valence-electron chi connectivity index (χ2n) is 3.20. The van der Waals surface area contributed by atoms with E-state index in [1.807, 2.05) is 0 Å². The lowest BCUT2D eigenvalue weighted by Crippen LogP contribution is -2.36. The van der Waals surface area contributed by atoms with Crippen LogP contribution in [0.15, 0.2) is 16.9 Å². The van der Waals surface area contributed by atoms with Crippen LogP contribution in [0.2, 0.25) is 0 Å². The number of methoxy groups -OCH3 is 1. The van der Waals surface area contributed by atoms with E-state index < -0.39 is 17.4 Å². The monoisotopic (exact) mass is 239 g/mol. The van der Waals surface area contributed by atoms with Gasteiger partial charge in [-0.25, -0.2) is 5.10 Å². The topological polar surface area (TPSA) is 92.4 Å². The zero-order valence-electron chi connectivity index (χ0n) is 9.60. The molecule has 0 bridgehead atoms. The summed E-state index contributed by atoms with van der Waals surface area (Å²) in [7, 11) is 1.25. The van der Waals surface area contributed by atoms with Crippen LogP contribution >= 0.6 is 0 Å². The number of aromatic nitrogens is 2. The molecule has 0 aliphatic carbocycles. The van der Waals surface area contributed by atoms with Crippen molar-refractivity contribution < 1.29 is 14.3 Å². The van der Waals surface area contributed by atoms with Gasteiger partial charge in [0.1, 0.15) is 12.2 Å². The van der Waals surface area contributed by atoms with E-state index in [4.69, 9.17) is 0 Å². The third-order valence-electron chi connectivity index (χ3n) is 2.11. The number of amides is 1. The summed E-state index contributed by atoms with van der Waals surface area (Å²) in [6.45, 7) is 1.92. The normalized spacial score (nSPS) is 9.76. The summed E-state index contributed by atoms with van der Waals surface area (Å²) in [5.74, 6) is -0.946. The van der Waals surface area contributed by atoms with Crippen molar-refractivity contribution in [1.29, 1.82) is 0 Å². The van der Waals surface area contributed by atoms with Gasteiger partial charge in [-0.15, -0.1) is 0 Å². The summed E-state index contributed by atoms with van der Waals surface area (Å²) in [4.78, 5) is 35.0. The average molecular weight is 239 g/mol. The summed E-state index contributed by atoms with van der Waals surface area (Å²) in [5, 5.41) is 5.76. The van der Waals surface area contributed by atoms with Gasteiger partial charge in [0.05, 0.1) is 7.11 Å². The number of esters is 1. The molecule has 0 aliphatic rings. The molecule has 0 saturated carbocycles.